The summed E-state index contributed by atoms with van der Waals surface area (Å²) in [6.45, 7) is 2.05. The third-order valence-corrected chi connectivity index (χ3v) is 5.25. The van der Waals surface area contributed by atoms with Crippen molar-refractivity contribution in [3.8, 4) is 0 Å². The van der Waals surface area contributed by atoms with E-state index < -0.39 is 0 Å². The molecule has 1 atom stereocenters. The summed E-state index contributed by atoms with van der Waals surface area (Å²) in [5.41, 5.74) is 1.77. The number of carbonyl (C=O) groups is 2. The largest absolute Gasteiger partial charge is 0.383 e. The maximum atomic E-state index is 13.1. The van der Waals surface area contributed by atoms with Gasteiger partial charge in [-0.15, -0.1) is 5.10 Å². The molecule has 0 bridgehead atoms. The Hall–Kier alpha value is -3.33. The number of nitrogens with zero attached hydrogens (tertiary/aromatic N) is 5. The first-order valence-electron chi connectivity index (χ1n) is 9.99. The monoisotopic (exact) mass is 408 g/mol. The van der Waals surface area contributed by atoms with Gasteiger partial charge in [0.05, 0.1) is 30.9 Å². The van der Waals surface area contributed by atoms with Gasteiger partial charge in [0.25, 0.3) is 11.8 Å². The summed E-state index contributed by atoms with van der Waals surface area (Å²) in [4.78, 5) is 31.4. The Labute approximate surface area is 174 Å². The molecule has 1 aliphatic rings. The van der Waals surface area contributed by atoms with Crippen molar-refractivity contribution in [3.05, 3.63) is 54.0 Å². The number of rotatable bonds is 7. The van der Waals surface area contributed by atoms with E-state index in [4.69, 9.17) is 4.74 Å². The molecule has 1 N–H and O–H groups in total. The number of fused-ring (bicyclic) bond motifs is 1. The number of likely N-dealkylation sites (tertiary alicyclic amines) is 1. The molecule has 2 aromatic heterocycles. The normalized spacial score (nSPS) is 16.2. The molecule has 30 heavy (non-hydrogen) atoms. The van der Waals surface area contributed by atoms with E-state index in [1.165, 1.54) is 0 Å². The molecule has 9 heteroatoms. The molecule has 0 unspecified atom stereocenters. The zero-order valence-electron chi connectivity index (χ0n) is 16.8. The number of hydrogen-bond donors (Lipinski definition) is 1. The van der Waals surface area contributed by atoms with Gasteiger partial charge in [0.15, 0.2) is 5.69 Å². The van der Waals surface area contributed by atoms with E-state index in [1.54, 1.807) is 24.2 Å². The van der Waals surface area contributed by atoms with Gasteiger partial charge in [-0.25, -0.2) is 4.68 Å². The second-order valence-corrected chi connectivity index (χ2v) is 7.28. The van der Waals surface area contributed by atoms with E-state index in [1.807, 2.05) is 35.2 Å². The number of methoxy groups -OCH3 is 1. The summed E-state index contributed by atoms with van der Waals surface area (Å²) in [5.74, 6) is -0.289. The first-order valence-corrected chi connectivity index (χ1v) is 9.99. The molecule has 0 saturated carbocycles. The van der Waals surface area contributed by atoms with Gasteiger partial charge in [0.1, 0.15) is 0 Å². The van der Waals surface area contributed by atoms with E-state index in [2.05, 4.69) is 20.6 Å². The zero-order chi connectivity index (χ0) is 20.9. The standard InChI is InChI=1S/C21H24N6O3/c1-30-11-9-23-20(28)19-14-26(25-24-19)13-17-5-3-10-27(17)21(29)16-6-7-18-15(12-16)4-2-8-22-18/h2,4,6-8,12,14,17H,3,5,9-11,13H2,1H3,(H,23,28)/t17-/m0/s1. The van der Waals surface area contributed by atoms with Crippen LogP contribution in [0.15, 0.2) is 42.7 Å². The Morgan fingerprint density at radius 3 is 3.07 bits per heavy atom. The average molecular weight is 408 g/mol. The Balaban J connectivity index is 1.43. The van der Waals surface area contributed by atoms with Gasteiger partial charge < -0.3 is 15.0 Å². The van der Waals surface area contributed by atoms with Crippen molar-refractivity contribution in [2.24, 2.45) is 0 Å². The van der Waals surface area contributed by atoms with Crippen LogP contribution in [0.3, 0.4) is 0 Å². The summed E-state index contributed by atoms with van der Waals surface area (Å²) in [5, 5.41) is 11.7. The van der Waals surface area contributed by atoms with E-state index >= 15 is 0 Å². The highest BCUT2D eigenvalue weighted by molar-refractivity contribution is 5.98. The average Bonchev–Trinajstić information content (AvgIpc) is 3.43. The molecule has 1 saturated heterocycles. The second-order valence-electron chi connectivity index (χ2n) is 7.28. The summed E-state index contributed by atoms with van der Waals surface area (Å²) >= 11 is 0. The predicted molar refractivity (Wildman–Crippen MR) is 110 cm³/mol. The maximum absolute atomic E-state index is 13.1. The SMILES string of the molecule is COCCNC(=O)c1cn(C[C@@H]2CCCN2C(=O)c2ccc3ncccc3c2)nn1. The van der Waals surface area contributed by atoms with Crippen molar-refractivity contribution in [1.29, 1.82) is 0 Å². The number of hydrogen-bond acceptors (Lipinski definition) is 6. The first-order chi connectivity index (χ1) is 14.7. The quantitative estimate of drug-likeness (QED) is 0.595. The van der Waals surface area contributed by atoms with Crippen molar-refractivity contribution in [3.63, 3.8) is 0 Å². The molecular weight excluding hydrogens is 384 g/mol. The fourth-order valence-corrected chi connectivity index (χ4v) is 3.73. The van der Waals surface area contributed by atoms with Crippen molar-refractivity contribution >= 4 is 22.7 Å². The van der Waals surface area contributed by atoms with Crippen LogP contribution in [0.5, 0.6) is 0 Å². The van der Waals surface area contributed by atoms with Gasteiger partial charge in [0.2, 0.25) is 0 Å². The van der Waals surface area contributed by atoms with Crippen molar-refractivity contribution in [2.45, 2.75) is 25.4 Å². The number of carbonyl (C=O) groups excluding carboxylic acids is 2. The van der Waals surface area contributed by atoms with E-state index in [0.717, 1.165) is 23.7 Å². The molecule has 4 rings (SSSR count). The topological polar surface area (TPSA) is 102 Å². The van der Waals surface area contributed by atoms with Crippen molar-refractivity contribution in [2.75, 3.05) is 26.8 Å². The minimum atomic E-state index is -0.289. The number of pyridine rings is 1. The Morgan fingerprint density at radius 1 is 1.30 bits per heavy atom. The van der Waals surface area contributed by atoms with Gasteiger partial charge >= 0.3 is 0 Å². The molecule has 0 spiro atoms. The lowest BCUT2D eigenvalue weighted by molar-refractivity contribution is 0.0721. The fourth-order valence-electron chi connectivity index (χ4n) is 3.73. The van der Waals surface area contributed by atoms with Crippen LogP contribution >= 0.6 is 0 Å². The van der Waals surface area contributed by atoms with Gasteiger partial charge in [0, 0.05) is 37.3 Å². The Morgan fingerprint density at radius 2 is 2.20 bits per heavy atom. The summed E-state index contributed by atoms with van der Waals surface area (Å²) in [6.07, 6.45) is 5.18. The number of amides is 2. The van der Waals surface area contributed by atoms with Crippen LogP contribution in [0.1, 0.15) is 33.7 Å². The minimum Gasteiger partial charge on any atom is -0.383 e. The third kappa shape index (κ3) is 4.30. The first kappa shape index (κ1) is 20.0. The Bertz CT molecular complexity index is 1050. The smallest absolute Gasteiger partial charge is 0.273 e. The van der Waals surface area contributed by atoms with Gasteiger partial charge in [-0.1, -0.05) is 11.3 Å². The second kappa shape index (κ2) is 9.00. The number of aromatic nitrogens is 4. The molecule has 3 aromatic rings. The molecule has 0 aliphatic carbocycles. The molecule has 1 aromatic carbocycles. The predicted octanol–water partition coefficient (Wildman–Crippen LogP) is 1.51. The van der Waals surface area contributed by atoms with E-state index in [0.29, 0.717) is 31.8 Å². The fraction of sp³-hybridized carbons (Fsp3) is 0.381. The highest BCUT2D eigenvalue weighted by atomic mass is 16.5. The lowest BCUT2D eigenvalue weighted by Crippen LogP contribution is -2.38. The number of ether oxygens (including phenoxy) is 1. The minimum absolute atomic E-state index is 0.000834. The highest BCUT2D eigenvalue weighted by Gasteiger charge is 2.30. The van der Waals surface area contributed by atoms with Crippen LogP contribution in [0.2, 0.25) is 0 Å². The summed E-state index contributed by atoms with van der Waals surface area (Å²) < 4.78 is 6.55. The molecule has 2 amide bonds. The molecule has 1 fully saturated rings. The van der Waals surface area contributed by atoms with Gasteiger partial charge in [-0.05, 0) is 37.1 Å². The van der Waals surface area contributed by atoms with Crippen LogP contribution in [-0.4, -0.2) is 69.5 Å². The molecule has 156 valence electrons. The van der Waals surface area contributed by atoms with E-state index in [-0.39, 0.29) is 23.6 Å². The summed E-state index contributed by atoms with van der Waals surface area (Å²) in [6, 6.07) is 9.41. The van der Waals surface area contributed by atoms with Crippen LogP contribution in [-0.2, 0) is 11.3 Å². The molecular formula is C21H24N6O3. The number of benzene rings is 1. The molecule has 3 heterocycles. The van der Waals surface area contributed by atoms with Crippen molar-refractivity contribution < 1.29 is 14.3 Å². The molecule has 0 radical (unpaired) electrons. The number of nitrogens with one attached hydrogen (secondary N) is 1. The molecule has 9 nitrogen and oxygen atoms in total. The lowest BCUT2D eigenvalue weighted by Gasteiger charge is -2.24. The van der Waals surface area contributed by atoms with Crippen LogP contribution in [0.25, 0.3) is 10.9 Å². The lowest BCUT2D eigenvalue weighted by atomic mass is 10.1. The van der Waals surface area contributed by atoms with Crippen molar-refractivity contribution in [1.82, 2.24) is 30.2 Å². The van der Waals surface area contributed by atoms with Gasteiger partial charge in [-0.3, -0.25) is 14.6 Å². The van der Waals surface area contributed by atoms with Crippen LogP contribution in [0, 0.1) is 0 Å². The zero-order valence-corrected chi connectivity index (χ0v) is 16.8. The van der Waals surface area contributed by atoms with E-state index in [9.17, 15) is 9.59 Å². The van der Waals surface area contributed by atoms with Gasteiger partial charge in [-0.2, -0.15) is 0 Å². The summed E-state index contributed by atoms with van der Waals surface area (Å²) in [7, 11) is 1.58. The highest BCUT2D eigenvalue weighted by Crippen LogP contribution is 2.23. The maximum Gasteiger partial charge on any atom is 0.273 e. The third-order valence-electron chi connectivity index (χ3n) is 5.25. The van der Waals surface area contributed by atoms with Crippen LogP contribution in [0.4, 0.5) is 0 Å². The Kier molecular flexibility index (Phi) is 5.99. The van der Waals surface area contributed by atoms with Crippen LogP contribution < -0.4 is 5.32 Å². The molecule has 1 aliphatic heterocycles.